The zero-order chi connectivity index (χ0) is 11.5. The van der Waals surface area contributed by atoms with Gasteiger partial charge >= 0.3 is 0 Å². The van der Waals surface area contributed by atoms with Gasteiger partial charge in [0.1, 0.15) is 0 Å². The van der Waals surface area contributed by atoms with E-state index in [1.165, 1.54) is 6.20 Å². The molecule has 0 radical (unpaired) electrons. The van der Waals surface area contributed by atoms with Crippen LogP contribution < -0.4 is 11.2 Å². The second kappa shape index (κ2) is 4.82. The summed E-state index contributed by atoms with van der Waals surface area (Å²) in [4.78, 5) is 10.1. The van der Waals surface area contributed by atoms with Crippen LogP contribution in [-0.4, -0.2) is 53.1 Å². The number of hydrazine groups is 1. The first-order chi connectivity index (χ1) is 7.65. The molecule has 1 aromatic rings. The van der Waals surface area contributed by atoms with Crippen molar-refractivity contribution < 1.29 is 0 Å². The highest BCUT2D eigenvalue weighted by molar-refractivity contribution is 6.28. The molecule has 0 aromatic carbocycles. The SMILES string of the molecule is CN1CCN(Nc2nc(Cl)ncc2N)CC1. The Hall–Kier alpha value is -1.11. The lowest BCUT2D eigenvalue weighted by Crippen LogP contribution is -2.47. The predicted molar refractivity (Wildman–Crippen MR) is 64.1 cm³/mol. The van der Waals surface area contributed by atoms with Crippen molar-refractivity contribution in [2.45, 2.75) is 0 Å². The maximum Gasteiger partial charge on any atom is 0.224 e. The van der Waals surface area contributed by atoms with Crippen LogP contribution in [0.2, 0.25) is 5.28 Å². The number of halogens is 1. The molecule has 88 valence electrons. The Morgan fingerprint density at radius 3 is 2.75 bits per heavy atom. The van der Waals surface area contributed by atoms with Gasteiger partial charge in [-0.25, -0.2) is 9.99 Å². The molecule has 16 heavy (non-hydrogen) atoms. The number of hydrogen-bond acceptors (Lipinski definition) is 6. The molecule has 0 unspecified atom stereocenters. The standard InChI is InChI=1S/C9H15ClN6/c1-15-2-4-16(5-3-15)14-8-7(11)6-12-9(10)13-8/h6H,2-5,11H2,1H3,(H,12,13,14). The minimum Gasteiger partial charge on any atom is -0.394 e. The van der Waals surface area contributed by atoms with Crippen molar-refractivity contribution in [1.82, 2.24) is 19.9 Å². The van der Waals surface area contributed by atoms with Crippen LogP contribution in [0.4, 0.5) is 11.5 Å². The highest BCUT2D eigenvalue weighted by Crippen LogP contribution is 2.16. The maximum absolute atomic E-state index is 5.75. The number of hydrogen-bond donors (Lipinski definition) is 2. The van der Waals surface area contributed by atoms with Gasteiger partial charge in [-0.2, -0.15) is 4.98 Å². The third kappa shape index (κ3) is 2.72. The summed E-state index contributed by atoms with van der Waals surface area (Å²) in [6.07, 6.45) is 1.51. The molecule has 0 saturated carbocycles. The monoisotopic (exact) mass is 242 g/mol. The Morgan fingerprint density at radius 2 is 2.06 bits per heavy atom. The smallest absolute Gasteiger partial charge is 0.224 e. The quantitative estimate of drug-likeness (QED) is 0.727. The second-order valence-electron chi connectivity index (χ2n) is 3.85. The lowest BCUT2D eigenvalue weighted by atomic mass is 10.4. The molecular formula is C9H15ClN6. The number of piperazine rings is 1. The largest absolute Gasteiger partial charge is 0.394 e. The fourth-order valence-electron chi connectivity index (χ4n) is 1.53. The number of likely N-dealkylation sites (N-methyl/N-ethyl adjacent to an activating group) is 1. The first-order valence-electron chi connectivity index (χ1n) is 5.13. The fourth-order valence-corrected chi connectivity index (χ4v) is 1.66. The van der Waals surface area contributed by atoms with Gasteiger partial charge in [-0.05, 0) is 18.6 Å². The summed E-state index contributed by atoms with van der Waals surface area (Å²) in [5.74, 6) is 0.574. The van der Waals surface area contributed by atoms with Gasteiger partial charge < -0.3 is 16.1 Å². The summed E-state index contributed by atoms with van der Waals surface area (Å²) in [6, 6.07) is 0. The number of nitrogens with zero attached hydrogens (tertiary/aromatic N) is 4. The maximum atomic E-state index is 5.75. The number of nitrogens with two attached hydrogens (primary N) is 1. The summed E-state index contributed by atoms with van der Waals surface area (Å²) in [6.45, 7) is 3.90. The molecule has 1 fully saturated rings. The van der Waals surface area contributed by atoms with Gasteiger partial charge in [-0.15, -0.1) is 0 Å². The van der Waals surface area contributed by atoms with E-state index in [2.05, 4.69) is 32.4 Å². The summed E-state index contributed by atoms with van der Waals surface area (Å²) in [5.41, 5.74) is 9.41. The molecule has 0 atom stereocenters. The number of anilines is 2. The van der Waals surface area contributed by atoms with Gasteiger partial charge in [-0.3, -0.25) is 0 Å². The first kappa shape index (κ1) is 11.4. The zero-order valence-electron chi connectivity index (χ0n) is 9.15. The lowest BCUT2D eigenvalue weighted by Gasteiger charge is -2.32. The molecule has 2 rings (SSSR count). The third-order valence-corrected chi connectivity index (χ3v) is 2.74. The Morgan fingerprint density at radius 1 is 1.38 bits per heavy atom. The Kier molecular flexibility index (Phi) is 3.42. The van der Waals surface area contributed by atoms with E-state index in [4.69, 9.17) is 17.3 Å². The molecule has 3 N–H and O–H groups in total. The van der Waals surface area contributed by atoms with Crippen LogP contribution in [0, 0.1) is 0 Å². The minimum absolute atomic E-state index is 0.200. The van der Waals surface area contributed by atoms with Crippen LogP contribution >= 0.6 is 11.6 Å². The summed E-state index contributed by atoms with van der Waals surface area (Å²) >= 11 is 5.71. The minimum atomic E-state index is 0.200. The third-order valence-electron chi connectivity index (χ3n) is 2.55. The van der Waals surface area contributed by atoms with Gasteiger partial charge in [0.05, 0.1) is 11.9 Å². The number of aromatic nitrogens is 2. The molecule has 0 spiro atoms. The predicted octanol–water partition coefficient (Wildman–Crippen LogP) is 0.286. The first-order valence-corrected chi connectivity index (χ1v) is 5.51. The summed E-state index contributed by atoms with van der Waals surface area (Å²) in [5, 5.41) is 2.28. The molecule has 1 aliphatic rings. The van der Waals surface area contributed by atoms with Crippen LogP contribution in [0.25, 0.3) is 0 Å². The van der Waals surface area contributed by atoms with Gasteiger partial charge in [0.15, 0.2) is 5.82 Å². The summed E-state index contributed by atoms with van der Waals surface area (Å²) < 4.78 is 0. The Bertz CT molecular complexity index is 363. The van der Waals surface area contributed by atoms with E-state index in [0.29, 0.717) is 11.5 Å². The molecule has 0 aliphatic carbocycles. The van der Waals surface area contributed by atoms with E-state index < -0.39 is 0 Å². The number of nitrogen functional groups attached to an aromatic ring is 1. The van der Waals surface area contributed by atoms with Crippen molar-refractivity contribution in [3.8, 4) is 0 Å². The van der Waals surface area contributed by atoms with E-state index >= 15 is 0 Å². The van der Waals surface area contributed by atoms with Gasteiger partial charge in [0.25, 0.3) is 0 Å². The molecular weight excluding hydrogens is 228 g/mol. The van der Waals surface area contributed by atoms with Crippen molar-refractivity contribution in [2.75, 3.05) is 44.4 Å². The number of nitrogens with one attached hydrogen (secondary N) is 1. The topological polar surface area (TPSA) is 70.3 Å². The average Bonchev–Trinajstić information content (AvgIpc) is 2.27. The van der Waals surface area contributed by atoms with Crippen LogP contribution in [0.1, 0.15) is 0 Å². The van der Waals surface area contributed by atoms with Crippen molar-refractivity contribution in [2.24, 2.45) is 0 Å². The highest BCUT2D eigenvalue weighted by Gasteiger charge is 2.15. The average molecular weight is 243 g/mol. The molecule has 2 heterocycles. The van der Waals surface area contributed by atoms with Crippen LogP contribution in [0.3, 0.4) is 0 Å². The molecule has 6 nitrogen and oxygen atoms in total. The summed E-state index contributed by atoms with van der Waals surface area (Å²) in [7, 11) is 2.10. The van der Waals surface area contributed by atoms with Crippen LogP contribution in [0.5, 0.6) is 0 Å². The van der Waals surface area contributed by atoms with E-state index in [0.717, 1.165) is 26.2 Å². The van der Waals surface area contributed by atoms with Gasteiger partial charge in [-0.1, -0.05) is 0 Å². The van der Waals surface area contributed by atoms with E-state index in [1.807, 2.05) is 0 Å². The molecule has 0 amide bonds. The van der Waals surface area contributed by atoms with Crippen molar-refractivity contribution in [1.29, 1.82) is 0 Å². The Labute approximate surface area is 99.4 Å². The van der Waals surface area contributed by atoms with Crippen LogP contribution in [0.15, 0.2) is 6.20 Å². The Balaban J connectivity index is 2.00. The van der Waals surface area contributed by atoms with Gasteiger partial charge in [0, 0.05) is 26.2 Å². The second-order valence-corrected chi connectivity index (χ2v) is 4.18. The molecule has 1 aromatic heterocycles. The van der Waals surface area contributed by atoms with Crippen molar-refractivity contribution >= 4 is 23.1 Å². The molecule has 0 bridgehead atoms. The van der Waals surface area contributed by atoms with E-state index in [-0.39, 0.29) is 5.28 Å². The van der Waals surface area contributed by atoms with E-state index in [9.17, 15) is 0 Å². The van der Waals surface area contributed by atoms with E-state index in [1.54, 1.807) is 0 Å². The van der Waals surface area contributed by atoms with Crippen LogP contribution in [-0.2, 0) is 0 Å². The fraction of sp³-hybridized carbons (Fsp3) is 0.556. The molecule has 1 saturated heterocycles. The zero-order valence-corrected chi connectivity index (χ0v) is 9.91. The van der Waals surface area contributed by atoms with Crippen molar-refractivity contribution in [3.05, 3.63) is 11.5 Å². The molecule has 1 aliphatic heterocycles. The lowest BCUT2D eigenvalue weighted by molar-refractivity contribution is 0.178. The van der Waals surface area contributed by atoms with Crippen molar-refractivity contribution in [3.63, 3.8) is 0 Å². The van der Waals surface area contributed by atoms with Gasteiger partial charge in [0.2, 0.25) is 5.28 Å². The normalized spacial score (nSPS) is 18.6. The highest BCUT2D eigenvalue weighted by atomic mass is 35.5. The number of rotatable bonds is 2. The molecule has 7 heteroatoms.